The van der Waals surface area contributed by atoms with Crippen LogP contribution in [-0.4, -0.2) is 24.2 Å². The zero-order chi connectivity index (χ0) is 13.5. The summed E-state index contributed by atoms with van der Waals surface area (Å²) in [6.07, 6.45) is 3.44. The first-order chi connectivity index (χ1) is 8.51. The molecular formula is C14H24N2OS. The Morgan fingerprint density at radius 2 is 2.00 bits per heavy atom. The van der Waals surface area contributed by atoms with E-state index < -0.39 is 0 Å². The lowest BCUT2D eigenvalue weighted by atomic mass is 10.2. The first-order valence-electron chi connectivity index (χ1n) is 6.35. The van der Waals surface area contributed by atoms with Crippen LogP contribution >= 0.6 is 11.8 Å². The third-order valence-electron chi connectivity index (χ3n) is 2.58. The highest BCUT2D eigenvalue weighted by atomic mass is 32.2. The van der Waals surface area contributed by atoms with Crippen molar-refractivity contribution in [3.05, 3.63) is 18.2 Å². The van der Waals surface area contributed by atoms with Crippen LogP contribution in [0.4, 0.5) is 11.4 Å². The molecule has 0 aliphatic carbocycles. The number of nitrogens with one attached hydrogen (secondary N) is 1. The Morgan fingerprint density at radius 3 is 2.61 bits per heavy atom. The molecule has 0 heterocycles. The van der Waals surface area contributed by atoms with Crippen LogP contribution < -0.4 is 15.8 Å². The van der Waals surface area contributed by atoms with E-state index in [2.05, 4.69) is 18.5 Å². The smallest absolute Gasteiger partial charge is 0.123 e. The molecule has 0 saturated carbocycles. The highest BCUT2D eigenvalue weighted by Gasteiger charge is 2.03. The highest BCUT2D eigenvalue weighted by molar-refractivity contribution is 7.99. The molecule has 1 aromatic rings. The predicted octanol–water partition coefficient (Wildman–Crippen LogP) is 3.61. The van der Waals surface area contributed by atoms with Crippen molar-refractivity contribution < 1.29 is 4.74 Å². The van der Waals surface area contributed by atoms with E-state index in [4.69, 9.17) is 10.5 Å². The second-order valence-corrected chi connectivity index (χ2v) is 6.00. The molecular weight excluding hydrogens is 244 g/mol. The van der Waals surface area contributed by atoms with Crippen LogP contribution in [0.25, 0.3) is 0 Å². The molecule has 0 spiro atoms. The van der Waals surface area contributed by atoms with Crippen molar-refractivity contribution in [1.82, 2.24) is 0 Å². The largest absolute Gasteiger partial charge is 0.491 e. The van der Waals surface area contributed by atoms with E-state index in [0.717, 1.165) is 30.1 Å². The van der Waals surface area contributed by atoms with E-state index in [9.17, 15) is 0 Å². The number of thioether (sulfide) groups is 1. The van der Waals surface area contributed by atoms with Gasteiger partial charge in [0.15, 0.2) is 0 Å². The van der Waals surface area contributed by atoms with Crippen molar-refractivity contribution in [3.63, 3.8) is 0 Å². The molecule has 1 atom stereocenters. The normalized spacial score (nSPS) is 12.5. The zero-order valence-electron chi connectivity index (χ0n) is 11.7. The summed E-state index contributed by atoms with van der Waals surface area (Å²) >= 11 is 1.89. The molecule has 1 aromatic carbocycles. The molecule has 0 fully saturated rings. The van der Waals surface area contributed by atoms with Crippen molar-refractivity contribution in [3.8, 4) is 5.75 Å². The summed E-state index contributed by atoms with van der Waals surface area (Å²) in [6, 6.07) is 5.80. The summed E-state index contributed by atoms with van der Waals surface area (Å²) in [5.74, 6) is 0.824. The molecule has 0 aliphatic heterocycles. The maximum atomic E-state index is 5.87. The molecule has 0 radical (unpaired) electrons. The fourth-order valence-electron chi connectivity index (χ4n) is 1.60. The molecule has 102 valence electrons. The van der Waals surface area contributed by atoms with E-state index >= 15 is 0 Å². The van der Waals surface area contributed by atoms with Gasteiger partial charge in [-0.1, -0.05) is 6.92 Å². The van der Waals surface area contributed by atoms with E-state index in [-0.39, 0.29) is 6.10 Å². The van der Waals surface area contributed by atoms with Gasteiger partial charge in [0.2, 0.25) is 0 Å². The van der Waals surface area contributed by atoms with Gasteiger partial charge in [-0.3, -0.25) is 0 Å². The van der Waals surface area contributed by atoms with Crippen LogP contribution in [0.3, 0.4) is 0 Å². The average molecular weight is 268 g/mol. The number of benzene rings is 1. The molecule has 0 aliphatic rings. The third-order valence-corrected chi connectivity index (χ3v) is 3.62. The van der Waals surface area contributed by atoms with Gasteiger partial charge >= 0.3 is 0 Å². The van der Waals surface area contributed by atoms with E-state index in [1.54, 1.807) is 0 Å². The Hall–Kier alpha value is -1.03. The van der Waals surface area contributed by atoms with Gasteiger partial charge in [0, 0.05) is 35.3 Å². The molecule has 3 nitrogen and oxygen atoms in total. The molecule has 3 N–H and O–H groups in total. The number of anilines is 2. The van der Waals surface area contributed by atoms with Gasteiger partial charge in [-0.05, 0) is 32.6 Å². The number of rotatable bonds is 7. The van der Waals surface area contributed by atoms with Gasteiger partial charge < -0.3 is 15.8 Å². The van der Waals surface area contributed by atoms with E-state index in [1.807, 2.05) is 43.8 Å². The number of nitrogens with two attached hydrogens (primary N) is 1. The molecule has 18 heavy (non-hydrogen) atoms. The van der Waals surface area contributed by atoms with Crippen molar-refractivity contribution in [1.29, 1.82) is 0 Å². The summed E-state index contributed by atoms with van der Waals surface area (Å²) < 4.78 is 5.66. The van der Waals surface area contributed by atoms with Gasteiger partial charge in [-0.25, -0.2) is 0 Å². The number of hydrogen-bond acceptors (Lipinski definition) is 4. The summed E-state index contributed by atoms with van der Waals surface area (Å²) in [4.78, 5) is 0. The summed E-state index contributed by atoms with van der Waals surface area (Å²) in [6.45, 7) is 7.21. The molecule has 0 saturated heterocycles. The number of nitrogen functional groups attached to an aromatic ring is 1. The van der Waals surface area contributed by atoms with Gasteiger partial charge in [0.05, 0.1) is 6.10 Å². The van der Waals surface area contributed by atoms with Crippen LogP contribution in [0.1, 0.15) is 27.2 Å². The average Bonchev–Trinajstić information content (AvgIpc) is 2.27. The SMILES string of the molecule is CSC(C)CCNc1cc(N)cc(OC(C)C)c1. The minimum atomic E-state index is 0.163. The van der Waals surface area contributed by atoms with Crippen molar-refractivity contribution in [2.45, 2.75) is 38.5 Å². The lowest BCUT2D eigenvalue weighted by molar-refractivity contribution is 0.242. The lowest BCUT2D eigenvalue weighted by Crippen LogP contribution is -2.09. The Kier molecular flexibility index (Phi) is 6.19. The second-order valence-electron chi connectivity index (χ2n) is 4.72. The fraction of sp³-hybridized carbons (Fsp3) is 0.571. The maximum absolute atomic E-state index is 5.87. The molecule has 0 bridgehead atoms. The van der Waals surface area contributed by atoms with Crippen LogP contribution in [0, 0.1) is 0 Å². The van der Waals surface area contributed by atoms with E-state index in [0.29, 0.717) is 5.25 Å². The first-order valence-corrected chi connectivity index (χ1v) is 7.64. The number of ether oxygens (including phenoxy) is 1. The van der Waals surface area contributed by atoms with Gasteiger partial charge in [0.1, 0.15) is 5.75 Å². The Morgan fingerprint density at radius 1 is 1.28 bits per heavy atom. The van der Waals surface area contributed by atoms with Gasteiger partial charge in [-0.2, -0.15) is 11.8 Å². The number of hydrogen-bond donors (Lipinski definition) is 2. The monoisotopic (exact) mass is 268 g/mol. The topological polar surface area (TPSA) is 47.3 Å². The molecule has 1 unspecified atom stereocenters. The van der Waals surface area contributed by atoms with Crippen molar-refractivity contribution in [2.24, 2.45) is 0 Å². The first kappa shape index (κ1) is 15.0. The van der Waals surface area contributed by atoms with E-state index in [1.165, 1.54) is 0 Å². The molecule has 0 amide bonds. The fourth-order valence-corrected chi connectivity index (χ4v) is 1.96. The molecule has 0 aromatic heterocycles. The maximum Gasteiger partial charge on any atom is 0.123 e. The standard InChI is InChI=1S/C14H24N2OS/c1-10(2)17-14-8-12(15)7-13(9-14)16-6-5-11(3)18-4/h7-11,16H,5-6,15H2,1-4H3. The van der Waals surface area contributed by atoms with Crippen LogP contribution in [0.2, 0.25) is 0 Å². The summed E-state index contributed by atoms with van der Waals surface area (Å²) in [5.41, 5.74) is 7.63. The van der Waals surface area contributed by atoms with Crippen molar-refractivity contribution in [2.75, 3.05) is 23.9 Å². The Balaban J connectivity index is 2.57. The predicted molar refractivity (Wildman–Crippen MR) is 82.7 cm³/mol. The highest BCUT2D eigenvalue weighted by Crippen LogP contribution is 2.23. The third kappa shape index (κ3) is 5.54. The van der Waals surface area contributed by atoms with Crippen LogP contribution in [-0.2, 0) is 0 Å². The Labute approximate surface area is 114 Å². The van der Waals surface area contributed by atoms with Gasteiger partial charge in [0.25, 0.3) is 0 Å². The molecule has 4 heteroatoms. The van der Waals surface area contributed by atoms with Crippen molar-refractivity contribution >= 4 is 23.1 Å². The zero-order valence-corrected chi connectivity index (χ0v) is 12.5. The van der Waals surface area contributed by atoms with Crippen LogP contribution in [0.15, 0.2) is 18.2 Å². The van der Waals surface area contributed by atoms with Crippen LogP contribution in [0.5, 0.6) is 5.75 Å². The second kappa shape index (κ2) is 7.41. The minimum Gasteiger partial charge on any atom is -0.491 e. The minimum absolute atomic E-state index is 0.163. The lowest BCUT2D eigenvalue weighted by Gasteiger charge is -2.14. The summed E-state index contributed by atoms with van der Waals surface area (Å²) in [5, 5.41) is 4.06. The Bertz CT molecular complexity index is 369. The summed E-state index contributed by atoms with van der Waals surface area (Å²) in [7, 11) is 0. The van der Waals surface area contributed by atoms with Gasteiger partial charge in [-0.15, -0.1) is 0 Å². The molecule has 1 rings (SSSR count). The quantitative estimate of drug-likeness (QED) is 0.742.